The van der Waals surface area contributed by atoms with E-state index in [0.717, 1.165) is 0 Å². The predicted octanol–water partition coefficient (Wildman–Crippen LogP) is 14.8. The summed E-state index contributed by atoms with van der Waals surface area (Å²) in [5.74, 6) is 0. The monoisotopic (exact) mass is 656 g/mol. The van der Waals surface area contributed by atoms with Crippen molar-refractivity contribution in [3.63, 3.8) is 0 Å². The third-order valence-corrected chi connectivity index (χ3v) is 11.2. The van der Waals surface area contributed by atoms with Crippen LogP contribution in [0, 0.1) is 0 Å². The predicted molar refractivity (Wildman–Crippen MR) is 225 cm³/mol. The summed E-state index contributed by atoms with van der Waals surface area (Å²) in [6.45, 7) is 0. The lowest BCUT2D eigenvalue weighted by Crippen LogP contribution is -1.91. The Kier molecular flexibility index (Phi) is 6.35. The molecule has 11 aromatic carbocycles. The Morgan fingerprint density at radius 3 is 0.942 bits per heavy atom. The molecule has 0 spiro atoms. The van der Waals surface area contributed by atoms with Gasteiger partial charge in [-0.05, 0) is 115 Å². The van der Waals surface area contributed by atoms with Gasteiger partial charge in [-0.15, -0.1) is 0 Å². The van der Waals surface area contributed by atoms with Crippen molar-refractivity contribution in [2.45, 2.75) is 0 Å². The van der Waals surface area contributed by atoms with E-state index in [1.807, 2.05) is 0 Å². The molecule has 0 aliphatic carbocycles. The molecule has 0 heterocycles. The summed E-state index contributed by atoms with van der Waals surface area (Å²) in [7, 11) is 0. The van der Waals surface area contributed by atoms with Crippen molar-refractivity contribution in [2.24, 2.45) is 0 Å². The van der Waals surface area contributed by atoms with Crippen molar-refractivity contribution >= 4 is 75.4 Å². The van der Waals surface area contributed by atoms with E-state index in [9.17, 15) is 0 Å². The van der Waals surface area contributed by atoms with Crippen molar-refractivity contribution in [1.29, 1.82) is 0 Å². The highest BCUT2D eigenvalue weighted by Crippen LogP contribution is 2.46. The highest BCUT2D eigenvalue weighted by atomic mass is 14.2. The highest BCUT2D eigenvalue weighted by molar-refractivity contribution is 6.39. The number of benzene rings is 11. The van der Waals surface area contributed by atoms with E-state index in [0.29, 0.717) is 0 Å². The van der Waals surface area contributed by atoms with E-state index in [1.54, 1.807) is 0 Å². The van der Waals surface area contributed by atoms with Gasteiger partial charge in [-0.25, -0.2) is 0 Å². The van der Waals surface area contributed by atoms with E-state index in [4.69, 9.17) is 0 Å². The molecule has 0 atom stereocenters. The highest BCUT2D eigenvalue weighted by Gasteiger charge is 2.18. The second-order valence-corrected chi connectivity index (χ2v) is 13.9. The molecule has 0 unspecified atom stereocenters. The molecule has 0 heteroatoms. The van der Waals surface area contributed by atoms with Crippen molar-refractivity contribution in [2.75, 3.05) is 0 Å². The summed E-state index contributed by atoms with van der Waals surface area (Å²) in [4.78, 5) is 0. The van der Waals surface area contributed by atoms with Crippen LogP contribution in [0.5, 0.6) is 0 Å². The molecule has 11 rings (SSSR count). The van der Waals surface area contributed by atoms with E-state index in [1.165, 1.54) is 109 Å². The van der Waals surface area contributed by atoms with Gasteiger partial charge in [-0.2, -0.15) is 0 Å². The second-order valence-electron chi connectivity index (χ2n) is 13.9. The van der Waals surface area contributed by atoms with Crippen LogP contribution in [0.15, 0.2) is 194 Å². The molecular weight excluding hydrogens is 625 g/mol. The summed E-state index contributed by atoms with van der Waals surface area (Å²) >= 11 is 0. The van der Waals surface area contributed by atoms with Gasteiger partial charge in [0, 0.05) is 0 Å². The molecule has 0 saturated carbocycles. The smallest absolute Gasteiger partial charge is 0.00139 e. The van der Waals surface area contributed by atoms with Crippen LogP contribution in [0.4, 0.5) is 0 Å². The average Bonchev–Trinajstić information content (AvgIpc) is 3.23. The number of hydrogen-bond donors (Lipinski definition) is 0. The first-order valence-corrected chi connectivity index (χ1v) is 18.1. The molecule has 0 N–H and O–H groups in total. The Morgan fingerprint density at radius 2 is 0.481 bits per heavy atom. The lowest BCUT2D eigenvalue weighted by atomic mass is 9.85. The summed E-state index contributed by atoms with van der Waals surface area (Å²) in [5.41, 5.74) is 7.49. The molecule has 0 fully saturated rings. The Morgan fingerprint density at radius 1 is 0.173 bits per heavy atom. The van der Waals surface area contributed by atoms with Crippen LogP contribution in [0.2, 0.25) is 0 Å². The minimum atomic E-state index is 1.22. The zero-order valence-corrected chi connectivity index (χ0v) is 28.5. The van der Waals surface area contributed by atoms with Gasteiger partial charge < -0.3 is 0 Å². The van der Waals surface area contributed by atoms with Gasteiger partial charge in [-0.1, -0.05) is 188 Å². The maximum atomic E-state index is 2.41. The Balaban J connectivity index is 1.12. The topological polar surface area (TPSA) is 0 Å². The molecule has 0 radical (unpaired) electrons. The van der Waals surface area contributed by atoms with Crippen LogP contribution in [-0.4, -0.2) is 0 Å². The average molecular weight is 657 g/mol. The first-order valence-electron chi connectivity index (χ1n) is 18.1. The van der Waals surface area contributed by atoms with Gasteiger partial charge in [0.1, 0.15) is 0 Å². The van der Waals surface area contributed by atoms with Crippen LogP contribution in [0.1, 0.15) is 0 Å². The molecular formula is C52H32. The van der Waals surface area contributed by atoms with Crippen LogP contribution in [0.25, 0.3) is 109 Å². The first-order chi connectivity index (χ1) is 25.8. The summed E-state index contributed by atoms with van der Waals surface area (Å²) in [5, 5.41) is 18.2. The fourth-order valence-corrected chi connectivity index (χ4v) is 8.99. The molecule has 240 valence electrons. The van der Waals surface area contributed by atoms with Crippen LogP contribution >= 0.6 is 0 Å². The minimum absolute atomic E-state index is 1.22. The molecule has 0 nitrogen and oxygen atoms in total. The van der Waals surface area contributed by atoms with Gasteiger partial charge >= 0.3 is 0 Å². The van der Waals surface area contributed by atoms with Crippen LogP contribution in [0.3, 0.4) is 0 Å². The fraction of sp³-hybridized carbons (Fsp3) is 0. The molecule has 0 aliphatic rings. The van der Waals surface area contributed by atoms with E-state index in [-0.39, 0.29) is 0 Å². The lowest BCUT2D eigenvalue weighted by Gasteiger charge is -2.18. The molecule has 0 saturated heterocycles. The van der Waals surface area contributed by atoms with E-state index < -0.39 is 0 Å². The maximum Gasteiger partial charge on any atom is -0.00139 e. The van der Waals surface area contributed by atoms with E-state index in [2.05, 4.69) is 194 Å². The molecule has 0 aromatic heterocycles. The summed E-state index contributed by atoms with van der Waals surface area (Å²) < 4.78 is 0. The Hall–Kier alpha value is -6.76. The SMILES string of the molecule is c1ccc(-c2c3ccccc3c(-c3ccc(-c4ccc5c(c4)c4ccccc4c4c6ccccc6c6ccccc6c54)cc3)c3ccccc23)cc1. The van der Waals surface area contributed by atoms with Gasteiger partial charge in [0.05, 0.1) is 0 Å². The van der Waals surface area contributed by atoms with Crippen LogP contribution in [-0.2, 0) is 0 Å². The van der Waals surface area contributed by atoms with Crippen molar-refractivity contribution in [3.05, 3.63) is 194 Å². The summed E-state index contributed by atoms with van der Waals surface area (Å²) in [6.07, 6.45) is 0. The molecule has 0 bridgehead atoms. The zero-order valence-electron chi connectivity index (χ0n) is 28.5. The maximum absolute atomic E-state index is 2.41. The van der Waals surface area contributed by atoms with E-state index >= 15 is 0 Å². The normalized spacial score (nSPS) is 11.8. The Bertz CT molecular complexity index is 3150. The standard InChI is InChI=1S/C52H32/c1-2-14-34(15-3-1)49-43-22-10-12-24-45(43)50(46-25-13-11-23-44(46)49)35-28-26-33(27-29-35)36-30-31-47-48(32-36)39-18-6-9-21-42(39)51-40-19-7-4-16-37(40)38-17-5-8-20-41(38)52(47)51/h1-32H. The van der Waals surface area contributed by atoms with Crippen molar-refractivity contribution < 1.29 is 0 Å². The Labute approximate surface area is 301 Å². The molecule has 52 heavy (non-hydrogen) atoms. The van der Waals surface area contributed by atoms with Crippen molar-refractivity contribution in [1.82, 2.24) is 0 Å². The van der Waals surface area contributed by atoms with Crippen LogP contribution < -0.4 is 0 Å². The minimum Gasteiger partial charge on any atom is -0.0622 e. The largest absolute Gasteiger partial charge is 0.0622 e. The first kappa shape index (κ1) is 29.0. The molecule has 0 aliphatic heterocycles. The fourth-order valence-electron chi connectivity index (χ4n) is 8.99. The molecule has 11 aromatic rings. The number of rotatable bonds is 3. The zero-order chi connectivity index (χ0) is 34.2. The quantitative estimate of drug-likeness (QED) is 0.131. The third kappa shape index (κ3) is 4.22. The van der Waals surface area contributed by atoms with Gasteiger partial charge in [-0.3, -0.25) is 0 Å². The third-order valence-electron chi connectivity index (χ3n) is 11.2. The number of fused-ring (bicyclic) bond motifs is 13. The summed E-state index contributed by atoms with van der Waals surface area (Å²) in [6, 6.07) is 71.6. The van der Waals surface area contributed by atoms with Gasteiger partial charge in [0.15, 0.2) is 0 Å². The second kappa shape index (κ2) is 11.4. The van der Waals surface area contributed by atoms with Crippen molar-refractivity contribution in [3.8, 4) is 33.4 Å². The molecule has 0 amide bonds. The number of hydrogen-bond acceptors (Lipinski definition) is 0. The lowest BCUT2D eigenvalue weighted by molar-refractivity contribution is 1.63. The van der Waals surface area contributed by atoms with Gasteiger partial charge in [0.25, 0.3) is 0 Å². The van der Waals surface area contributed by atoms with Gasteiger partial charge in [0.2, 0.25) is 0 Å².